The summed E-state index contributed by atoms with van der Waals surface area (Å²) in [6.07, 6.45) is 4.53. The largest absolute Gasteiger partial charge is 0.381 e. The van der Waals surface area contributed by atoms with E-state index >= 15 is 0 Å². The van der Waals surface area contributed by atoms with Crippen LogP contribution in [-0.4, -0.2) is 35.4 Å². The molecule has 7 heteroatoms. The van der Waals surface area contributed by atoms with E-state index in [2.05, 4.69) is 21.8 Å². The molecule has 1 amide bonds. The van der Waals surface area contributed by atoms with Gasteiger partial charge < -0.3 is 15.4 Å². The van der Waals surface area contributed by atoms with Crippen molar-refractivity contribution >= 4 is 11.7 Å². The average Bonchev–Trinajstić information content (AvgIpc) is 3.31. The van der Waals surface area contributed by atoms with E-state index in [9.17, 15) is 4.79 Å². The standard InChI is InChI=1S/C25H27N5O2/c26-18-20-8-6-19(7-9-20)10-14-27-24(21-4-2-1-3-5-21)25(31)28-23-11-15-30(29-23)22-12-16-32-17-13-22/h1-9,11,15,22,24,27H,10,12-14,16-17H2,(H,28,29,31)/t24-/m0/s1. The van der Waals surface area contributed by atoms with Crippen LogP contribution in [0, 0.1) is 11.3 Å². The van der Waals surface area contributed by atoms with Crippen LogP contribution in [0.2, 0.25) is 0 Å². The van der Waals surface area contributed by atoms with Crippen molar-refractivity contribution in [1.82, 2.24) is 15.1 Å². The van der Waals surface area contributed by atoms with Gasteiger partial charge in [-0.05, 0) is 42.5 Å². The number of nitriles is 1. The van der Waals surface area contributed by atoms with Crippen LogP contribution >= 0.6 is 0 Å². The summed E-state index contributed by atoms with van der Waals surface area (Å²) in [4.78, 5) is 13.1. The van der Waals surface area contributed by atoms with Gasteiger partial charge in [0.05, 0.1) is 17.7 Å². The molecule has 2 aromatic carbocycles. The maximum absolute atomic E-state index is 13.1. The van der Waals surface area contributed by atoms with Crippen LogP contribution in [0.1, 0.15) is 41.6 Å². The number of nitrogens with one attached hydrogen (secondary N) is 2. The third-order valence-electron chi connectivity index (χ3n) is 5.66. The fourth-order valence-electron chi connectivity index (χ4n) is 3.87. The molecule has 1 saturated heterocycles. The van der Waals surface area contributed by atoms with Crippen molar-refractivity contribution in [3.63, 3.8) is 0 Å². The van der Waals surface area contributed by atoms with Crippen LogP contribution < -0.4 is 10.6 Å². The van der Waals surface area contributed by atoms with Crippen LogP contribution in [0.15, 0.2) is 66.9 Å². The molecule has 0 unspecified atom stereocenters. The molecule has 2 heterocycles. The van der Waals surface area contributed by atoms with Gasteiger partial charge in [0.2, 0.25) is 5.91 Å². The van der Waals surface area contributed by atoms with E-state index in [1.807, 2.05) is 71.5 Å². The number of amides is 1. The van der Waals surface area contributed by atoms with Crippen LogP contribution in [0.5, 0.6) is 0 Å². The quantitative estimate of drug-likeness (QED) is 0.571. The van der Waals surface area contributed by atoms with Crippen molar-refractivity contribution in [3.05, 3.63) is 83.6 Å². The van der Waals surface area contributed by atoms with Gasteiger partial charge in [0.25, 0.3) is 0 Å². The minimum atomic E-state index is -0.497. The highest BCUT2D eigenvalue weighted by Gasteiger charge is 2.22. The number of hydrogen-bond donors (Lipinski definition) is 2. The number of anilines is 1. The molecule has 1 aromatic heterocycles. The van der Waals surface area contributed by atoms with E-state index < -0.39 is 6.04 Å². The number of carbonyl (C=O) groups is 1. The highest BCUT2D eigenvalue weighted by atomic mass is 16.5. The van der Waals surface area contributed by atoms with Gasteiger partial charge in [0, 0.05) is 32.0 Å². The lowest BCUT2D eigenvalue weighted by Gasteiger charge is -2.22. The fourth-order valence-corrected chi connectivity index (χ4v) is 3.87. The molecule has 32 heavy (non-hydrogen) atoms. The highest BCUT2D eigenvalue weighted by Crippen LogP contribution is 2.22. The zero-order valence-electron chi connectivity index (χ0n) is 17.9. The first-order valence-corrected chi connectivity index (χ1v) is 10.9. The van der Waals surface area contributed by atoms with Crippen molar-refractivity contribution in [3.8, 4) is 6.07 Å². The minimum Gasteiger partial charge on any atom is -0.381 e. The molecule has 1 aliphatic rings. The van der Waals surface area contributed by atoms with Gasteiger partial charge in [-0.2, -0.15) is 10.4 Å². The van der Waals surface area contributed by atoms with E-state index in [1.54, 1.807) is 0 Å². The van der Waals surface area contributed by atoms with Gasteiger partial charge in [-0.15, -0.1) is 0 Å². The molecule has 0 spiro atoms. The lowest BCUT2D eigenvalue weighted by atomic mass is 10.1. The van der Waals surface area contributed by atoms with Crippen molar-refractivity contribution in [2.24, 2.45) is 0 Å². The molecular weight excluding hydrogens is 402 g/mol. The van der Waals surface area contributed by atoms with Crippen molar-refractivity contribution < 1.29 is 9.53 Å². The summed E-state index contributed by atoms with van der Waals surface area (Å²) in [7, 11) is 0. The van der Waals surface area contributed by atoms with E-state index in [0.717, 1.165) is 43.6 Å². The molecule has 0 bridgehead atoms. The molecule has 2 N–H and O–H groups in total. The third-order valence-corrected chi connectivity index (χ3v) is 5.66. The van der Waals surface area contributed by atoms with Crippen LogP contribution in [-0.2, 0) is 16.0 Å². The summed E-state index contributed by atoms with van der Waals surface area (Å²) in [6, 6.07) is 21.0. The van der Waals surface area contributed by atoms with Crippen LogP contribution in [0.3, 0.4) is 0 Å². The second-order valence-electron chi connectivity index (χ2n) is 7.87. The maximum Gasteiger partial charge on any atom is 0.247 e. The Morgan fingerprint density at radius 2 is 1.88 bits per heavy atom. The van der Waals surface area contributed by atoms with Crippen LogP contribution in [0.4, 0.5) is 5.82 Å². The molecule has 1 atom stereocenters. The molecule has 0 saturated carbocycles. The molecule has 1 aliphatic heterocycles. The number of hydrogen-bond acceptors (Lipinski definition) is 5. The molecule has 164 valence electrons. The SMILES string of the molecule is N#Cc1ccc(CCN[C@H](C(=O)Nc2ccn(C3CCOCC3)n2)c2ccccc2)cc1. The van der Waals surface area contributed by atoms with Gasteiger partial charge in [-0.1, -0.05) is 42.5 Å². The maximum atomic E-state index is 13.1. The molecule has 0 radical (unpaired) electrons. The fraction of sp³-hybridized carbons (Fsp3) is 0.320. The third kappa shape index (κ3) is 5.61. The monoisotopic (exact) mass is 429 g/mol. The summed E-state index contributed by atoms with van der Waals surface area (Å²) in [5.41, 5.74) is 2.65. The Balaban J connectivity index is 1.40. The zero-order chi connectivity index (χ0) is 22.2. The predicted octanol–water partition coefficient (Wildman–Crippen LogP) is 3.62. The molecule has 7 nitrogen and oxygen atoms in total. The first-order valence-electron chi connectivity index (χ1n) is 10.9. The Bertz CT molecular complexity index is 1050. The Morgan fingerprint density at radius 3 is 2.59 bits per heavy atom. The van der Waals surface area contributed by atoms with Gasteiger partial charge in [0.1, 0.15) is 6.04 Å². The topological polar surface area (TPSA) is 92.0 Å². The number of aromatic nitrogens is 2. The molecule has 4 rings (SSSR count). The summed E-state index contributed by atoms with van der Waals surface area (Å²) < 4.78 is 7.35. The smallest absolute Gasteiger partial charge is 0.247 e. The van der Waals surface area contributed by atoms with Gasteiger partial charge in [-0.3, -0.25) is 9.48 Å². The van der Waals surface area contributed by atoms with Crippen molar-refractivity contribution in [1.29, 1.82) is 5.26 Å². The summed E-state index contributed by atoms with van der Waals surface area (Å²) >= 11 is 0. The van der Waals surface area contributed by atoms with E-state index in [1.165, 1.54) is 0 Å². The number of nitrogens with zero attached hydrogens (tertiary/aromatic N) is 3. The van der Waals surface area contributed by atoms with E-state index in [0.29, 0.717) is 24.0 Å². The average molecular weight is 430 g/mol. The Labute approximate surface area is 188 Å². The normalized spacial score (nSPS) is 15.1. The van der Waals surface area contributed by atoms with Gasteiger partial charge >= 0.3 is 0 Å². The predicted molar refractivity (Wildman–Crippen MR) is 122 cm³/mol. The summed E-state index contributed by atoms with van der Waals surface area (Å²) in [5, 5.41) is 19.8. The first kappa shape index (κ1) is 21.8. The Kier molecular flexibility index (Phi) is 7.28. The lowest BCUT2D eigenvalue weighted by molar-refractivity contribution is -0.118. The lowest BCUT2D eigenvalue weighted by Crippen LogP contribution is -2.34. The molecule has 1 fully saturated rings. The van der Waals surface area contributed by atoms with E-state index in [-0.39, 0.29) is 5.91 Å². The highest BCUT2D eigenvalue weighted by molar-refractivity contribution is 5.94. The second kappa shape index (κ2) is 10.7. The number of benzene rings is 2. The van der Waals surface area contributed by atoms with Crippen molar-refractivity contribution in [2.75, 3.05) is 25.1 Å². The Morgan fingerprint density at radius 1 is 1.12 bits per heavy atom. The van der Waals surface area contributed by atoms with E-state index in [4.69, 9.17) is 10.00 Å². The summed E-state index contributed by atoms with van der Waals surface area (Å²) in [6.45, 7) is 2.10. The molecular formula is C25H27N5O2. The first-order chi connectivity index (χ1) is 15.7. The molecule has 0 aliphatic carbocycles. The molecule has 3 aromatic rings. The Hall–Kier alpha value is -3.47. The number of ether oxygens (including phenoxy) is 1. The zero-order valence-corrected chi connectivity index (χ0v) is 17.9. The summed E-state index contributed by atoms with van der Waals surface area (Å²) in [5.74, 6) is 0.407. The van der Waals surface area contributed by atoms with Gasteiger partial charge in [0.15, 0.2) is 5.82 Å². The second-order valence-corrected chi connectivity index (χ2v) is 7.87. The number of rotatable bonds is 8. The minimum absolute atomic E-state index is 0.145. The van der Waals surface area contributed by atoms with Crippen molar-refractivity contribution in [2.45, 2.75) is 31.3 Å². The number of carbonyl (C=O) groups excluding carboxylic acids is 1. The van der Waals surface area contributed by atoms with Crippen LogP contribution in [0.25, 0.3) is 0 Å². The van der Waals surface area contributed by atoms with Gasteiger partial charge in [-0.25, -0.2) is 0 Å².